The number of hydrogen-bond donors (Lipinski definition) is 1. The van der Waals surface area contributed by atoms with E-state index in [0.29, 0.717) is 22.8 Å². The molecule has 0 bridgehead atoms. The molecule has 0 saturated heterocycles. The second-order valence-corrected chi connectivity index (χ2v) is 8.23. The third kappa shape index (κ3) is 6.16. The van der Waals surface area contributed by atoms with Gasteiger partial charge >= 0.3 is 0 Å². The summed E-state index contributed by atoms with van der Waals surface area (Å²) in [6, 6.07) is 11.4. The topological polar surface area (TPSA) is 86.2 Å². The lowest BCUT2D eigenvalue weighted by Crippen LogP contribution is -2.18. The van der Waals surface area contributed by atoms with Gasteiger partial charge in [-0.15, -0.1) is 0 Å². The van der Waals surface area contributed by atoms with Crippen molar-refractivity contribution in [2.75, 3.05) is 7.11 Å². The summed E-state index contributed by atoms with van der Waals surface area (Å²) in [4.78, 5) is 2.29. The Bertz CT molecular complexity index is 907. The summed E-state index contributed by atoms with van der Waals surface area (Å²) in [5.74, 6) is 1.76. The quantitative estimate of drug-likeness (QED) is 0.508. The van der Waals surface area contributed by atoms with Crippen LogP contribution < -0.4 is 19.0 Å². The lowest BCUT2D eigenvalue weighted by Gasteiger charge is -2.13. The van der Waals surface area contributed by atoms with Crippen molar-refractivity contribution < 1.29 is 22.6 Å². The summed E-state index contributed by atoms with van der Waals surface area (Å²) in [5, 5.41) is 3.84. The molecule has 1 N–H and O–H groups in total. The van der Waals surface area contributed by atoms with E-state index in [0.717, 1.165) is 0 Å². The van der Waals surface area contributed by atoms with Crippen molar-refractivity contribution in [2.24, 2.45) is 5.10 Å². The van der Waals surface area contributed by atoms with Crippen molar-refractivity contribution in [3.63, 3.8) is 0 Å². The zero-order valence-electron chi connectivity index (χ0n) is 16.7. The monoisotopic (exact) mass is 406 g/mol. The van der Waals surface area contributed by atoms with Gasteiger partial charge in [0, 0.05) is 0 Å². The molecule has 2 aromatic carbocycles. The van der Waals surface area contributed by atoms with Crippen molar-refractivity contribution in [2.45, 2.75) is 44.8 Å². The molecule has 0 unspecified atom stereocenters. The number of hydrogen-bond acceptors (Lipinski definition) is 6. The molecule has 0 radical (unpaired) electrons. The summed E-state index contributed by atoms with van der Waals surface area (Å²) < 4.78 is 41.2. The van der Waals surface area contributed by atoms with Gasteiger partial charge in [-0.3, -0.25) is 0 Å². The molecule has 0 heterocycles. The number of sulfonamides is 1. The van der Waals surface area contributed by atoms with Gasteiger partial charge in [-0.05, 0) is 75.7 Å². The van der Waals surface area contributed by atoms with E-state index in [1.165, 1.54) is 18.3 Å². The summed E-state index contributed by atoms with van der Waals surface area (Å²) in [5.41, 5.74) is 0.663. The molecule has 152 valence electrons. The average molecular weight is 407 g/mol. The minimum atomic E-state index is -3.77. The van der Waals surface area contributed by atoms with Crippen molar-refractivity contribution in [1.29, 1.82) is 0 Å². The fourth-order valence-corrected chi connectivity index (χ4v) is 3.10. The Balaban J connectivity index is 2.08. The Kier molecular flexibility index (Phi) is 7.28. The average Bonchev–Trinajstić information content (AvgIpc) is 2.62. The number of benzene rings is 2. The highest BCUT2D eigenvalue weighted by Gasteiger charge is 2.13. The Hall–Kier alpha value is -2.74. The van der Waals surface area contributed by atoms with Crippen molar-refractivity contribution in [3.8, 4) is 17.2 Å². The molecule has 0 aromatic heterocycles. The molecule has 0 aliphatic rings. The maximum atomic E-state index is 12.3. The third-order valence-electron chi connectivity index (χ3n) is 3.44. The van der Waals surface area contributed by atoms with Gasteiger partial charge in [0.15, 0.2) is 11.5 Å². The van der Waals surface area contributed by atoms with E-state index in [4.69, 9.17) is 14.2 Å². The maximum Gasteiger partial charge on any atom is 0.276 e. The number of ether oxygens (including phenoxy) is 3. The van der Waals surface area contributed by atoms with Crippen LogP contribution in [-0.2, 0) is 10.0 Å². The molecule has 7 nitrogen and oxygen atoms in total. The van der Waals surface area contributed by atoms with Crippen LogP contribution >= 0.6 is 0 Å². The van der Waals surface area contributed by atoms with Crippen LogP contribution in [0, 0.1) is 0 Å². The molecular weight excluding hydrogens is 380 g/mol. The SMILES string of the molecule is COc1cc(/C=N/NS(=O)(=O)c2ccc(OC(C)C)cc2)ccc1OC(C)C. The zero-order chi connectivity index (χ0) is 20.7. The first kappa shape index (κ1) is 21.6. The number of methoxy groups -OCH3 is 1. The fraction of sp³-hybridized carbons (Fsp3) is 0.350. The lowest BCUT2D eigenvalue weighted by atomic mass is 10.2. The fourth-order valence-electron chi connectivity index (χ4n) is 2.31. The Morgan fingerprint density at radius 2 is 1.57 bits per heavy atom. The Labute approximate surface area is 166 Å². The van der Waals surface area contributed by atoms with Gasteiger partial charge in [0.25, 0.3) is 10.0 Å². The van der Waals surface area contributed by atoms with Crippen molar-refractivity contribution in [3.05, 3.63) is 48.0 Å². The summed E-state index contributed by atoms with van der Waals surface area (Å²) in [6.07, 6.45) is 1.42. The van der Waals surface area contributed by atoms with Crippen LogP contribution in [0.5, 0.6) is 17.2 Å². The van der Waals surface area contributed by atoms with Crippen LogP contribution in [-0.4, -0.2) is 34.0 Å². The van der Waals surface area contributed by atoms with E-state index in [-0.39, 0.29) is 17.1 Å². The summed E-state index contributed by atoms with van der Waals surface area (Å²) in [7, 11) is -2.23. The number of nitrogens with one attached hydrogen (secondary N) is 1. The van der Waals surface area contributed by atoms with Gasteiger partial charge in [0.05, 0.1) is 30.4 Å². The van der Waals surface area contributed by atoms with Gasteiger partial charge in [-0.1, -0.05) is 0 Å². The van der Waals surface area contributed by atoms with Crippen LogP contribution in [0.1, 0.15) is 33.3 Å². The van der Waals surface area contributed by atoms with Crippen LogP contribution in [0.15, 0.2) is 52.5 Å². The third-order valence-corrected chi connectivity index (χ3v) is 4.68. The van der Waals surface area contributed by atoms with E-state index >= 15 is 0 Å². The molecule has 8 heteroatoms. The predicted octanol–water partition coefficient (Wildman–Crippen LogP) is 3.58. The molecule has 0 amide bonds. The molecule has 2 aromatic rings. The van der Waals surface area contributed by atoms with Gasteiger partial charge in [-0.2, -0.15) is 13.5 Å². The molecule has 0 aliphatic carbocycles. The zero-order valence-corrected chi connectivity index (χ0v) is 17.5. The van der Waals surface area contributed by atoms with Gasteiger partial charge in [0.1, 0.15) is 5.75 Å². The molecule has 0 spiro atoms. The minimum absolute atomic E-state index is 0.0116. The van der Waals surface area contributed by atoms with Gasteiger partial charge in [0.2, 0.25) is 0 Å². The van der Waals surface area contributed by atoms with Crippen LogP contribution in [0.3, 0.4) is 0 Å². The molecule has 28 heavy (non-hydrogen) atoms. The van der Waals surface area contributed by atoms with Crippen LogP contribution in [0.2, 0.25) is 0 Å². The first-order valence-corrected chi connectivity index (χ1v) is 10.4. The van der Waals surface area contributed by atoms with E-state index in [9.17, 15) is 8.42 Å². The van der Waals surface area contributed by atoms with Gasteiger partial charge < -0.3 is 14.2 Å². The number of nitrogens with zero attached hydrogens (tertiary/aromatic N) is 1. The standard InChI is InChI=1S/C20H26N2O5S/c1-14(2)26-17-7-9-18(10-8-17)28(23,24)22-21-13-16-6-11-19(27-15(3)4)20(12-16)25-5/h6-15,22H,1-5H3/b21-13+. The number of rotatable bonds is 9. The lowest BCUT2D eigenvalue weighted by molar-refractivity contribution is 0.230. The Morgan fingerprint density at radius 1 is 0.929 bits per heavy atom. The molecule has 0 aliphatic heterocycles. The molecule has 2 rings (SSSR count). The van der Waals surface area contributed by atoms with Crippen molar-refractivity contribution in [1.82, 2.24) is 4.83 Å². The van der Waals surface area contributed by atoms with Gasteiger partial charge in [-0.25, -0.2) is 4.83 Å². The smallest absolute Gasteiger partial charge is 0.276 e. The highest BCUT2D eigenvalue weighted by molar-refractivity contribution is 7.89. The van der Waals surface area contributed by atoms with E-state index in [1.54, 1.807) is 37.4 Å². The molecular formula is C20H26N2O5S. The van der Waals surface area contributed by atoms with Crippen LogP contribution in [0.4, 0.5) is 0 Å². The van der Waals surface area contributed by atoms with E-state index in [2.05, 4.69) is 9.93 Å². The van der Waals surface area contributed by atoms with Crippen LogP contribution in [0.25, 0.3) is 0 Å². The first-order chi connectivity index (χ1) is 13.2. The number of hydrazone groups is 1. The molecule has 0 fully saturated rings. The summed E-state index contributed by atoms with van der Waals surface area (Å²) in [6.45, 7) is 7.64. The minimum Gasteiger partial charge on any atom is -0.493 e. The van der Waals surface area contributed by atoms with E-state index < -0.39 is 10.0 Å². The normalized spacial score (nSPS) is 11.8. The van der Waals surface area contributed by atoms with Crippen molar-refractivity contribution >= 4 is 16.2 Å². The first-order valence-electron chi connectivity index (χ1n) is 8.87. The predicted molar refractivity (Wildman–Crippen MR) is 109 cm³/mol. The largest absolute Gasteiger partial charge is 0.493 e. The van der Waals surface area contributed by atoms with E-state index in [1.807, 2.05) is 27.7 Å². The second-order valence-electron chi connectivity index (χ2n) is 6.57. The Morgan fingerprint density at radius 3 is 2.14 bits per heavy atom. The second kappa shape index (κ2) is 9.45. The highest BCUT2D eigenvalue weighted by atomic mass is 32.2. The maximum absolute atomic E-state index is 12.3. The highest BCUT2D eigenvalue weighted by Crippen LogP contribution is 2.28. The summed E-state index contributed by atoms with van der Waals surface area (Å²) >= 11 is 0. The molecule has 0 saturated carbocycles. The molecule has 0 atom stereocenters.